The fraction of sp³-hybridized carbons (Fsp3) is 0.0833. The molecule has 0 atom stereocenters. The molecule has 17 heavy (non-hydrogen) atoms. The molecule has 0 spiro atoms. The fourth-order valence-electron chi connectivity index (χ4n) is 1.37. The second-order valence-corrected chi connectivity index (χ2v) is 4.24. The molecule has 0 aliphatic heterocycles. The molecule has 2 rings (SSSR count). The third-order valence-electron chi connectivity index (χ3n) is 2.16. The highest BCUT2D eigenvalue weighted by atomic mass is 79.9. The molecule has 0 fully saturated rings. The van der Waals surface area contributed by atoms with Gasteiger partial charge >= 0.3 is 0 Å². The van der Waals surface area contributed by atoms with Crippen LogP contribution in [-0.4, -0.2) is 4.98 Å². The van der Waals surface area contributed by atoms with Gasteiger partial charge in [-0.15, -0.1) is 0 Å². The highest BCUT2D eigenvalue weighted by molar-refractivity contribution is 9.10. The number of rotatable bonds is 3. The van der Waals surface area contributed by atoms with Crippen molar-refractivity contribution in [1.82, 2.24) is 4.98 Å². The van der Waals surface area contributed by atoms with Crippen LogP contribution in [0.2, 0.25) is 0 Å². The van der Waals surface area contributed by atoms with Crippen LogP contribution in [0.4, 0.5) is 14.5 Å². The van der Waals surface area contributed by atoms with E-state index < -0.39 is 11.6 Å². The molecule has 88 valence electrons. The maximum absolute atomic E-state index is 13.3. The molecule has 0 aliphatic carbocycles. The predicted molar refractivity (Wildman–Crippen MR) is 65.6 cm³/mol. The molecule has 0 amide bonds. The van der Waals surface area contributed by atoms with E-state index in [1.165, 1.54) is 12.1 Å². The summed E-state index contributed by atoms with van der Waals surface area (Å²) in [6.07, 6.45) is 0. The molecule has 2 nitrogen and oxygen atoms in total. The van der Waals surface area contributed by atoms with E-state index in [1.54, 1.807) is 0 Å². The van der Waals surface area contributed by atoms with Crippen molar-refractivity contribution in [1.29, 1.82) is 0 Å². The minimum atomic E-state index is -0.611. The summed E-state index contributed by atoms with van der Waals surface area (Å²) in [6, 6.07) is 8.88. The van der Waals surface area contributed by atoms with Gasteiger partial charge < -0.3 is 5.32 Å². The van der Waals surface area contributed by atoms with Crippen molar-refractivity contribution in [2.75, 3.05) is 5.32 Å². The van der Waals surface area contributed by atoms with Crippen LogP contribution in [0, 0.1) is 11.6 Å². The van der Waals surface area contributed by atoms with E-state index in [1.807, 2.05) is 18.2 Å². The minimum absolute atomic E-state index is 0.258. The Bertz CT molecular complexity index is 532. The average Bonchev–Trinajstić information content (AvgIpc) is 2.28. The van der Waals surface area contributed by atoms with Crippen LogP contribution in [0.3, 0.4) is 0 Å². The quantitative estimate of drug-likeness (QED) is 0.873. The Morgan fingerprint density at radius 3 is 2.71 bits per heavy atom. The predicted octanol–water partition coefficient (Wildman–Crippen LogP) is 3.73. The molecule has 0 radical (unpaired) electrons. The number of benzene rings is 1. The van der Waals surface area contributed by atoms with Crippen molar-refractivity contribution < 1.29 is 8.78 Å². The van der Waals surface area contributed by atoms with Gasteiger partial charge in [0.05, 0.1) is 17.9 Å². The monoisotopic (exact) mass is 298 g/mol. The second kappa shape index (κ2) is 5.23. The summed E-state index contributed by atoms with van der Waals surface area (Å²) in [4.78, 5) is 4.19. The van der Waals surface area contributed by atoms with E-state index in [4.69, 9.17) is 0 Å². The van der Waals surface area contributed by atoms with Gasteiger partial charge in [-0.3, -0.25) is 0 Å². The van der Waals surface area contributed by atoms with Crippen molar-refractivity contribution in [3.8, 4) is 0 Å². The summed E-state index contributed by atoms with van der Waals surface area (Å²) < 4.78 is 26.7. The lowest BCUT2D eigenvalue weighted by molar-refractivity contribution is 0.585. The second-order valence-electron chi connectivity index (χ2n) is 3.43. The van der Waals surface area contributed by atoms with Gasteiger partial charge in [0, 0.05) is 6.07 Å². The van der Waals surface area contributed by atoms with Crippen LogP contribution in [0.25, 0.3) is 0 Å². The molecule has 0 unspecified atom stereocenters. The van der Waals surface area contributed by atoms with Crippen LogP contribution >= 0.6 is 15.9 Å². The highest BCUT2D eigenvalue weighted by Gasteiger charge is 2.03. The molecule has 5 heteroatoms. The number of halogens is 3. The van der Waals surface area contributed by atoms with E-state index in [0.717, 1.165) is 16.4 Å². The molecule has 2 aromatic rings. The zero-order valence-corrected chi connectivity index (χ0v) is 10.3. The lowest BCUT2D eigenvalue weighted by Gasteiger charge is -2.07. The van der Waals surface area contributed by atoms with E-state index in [9.17, 15) is 8.78 Å². The van der Waals surface area contributed by atoms with Crippen LogP contribution in [-0.2, 0) is 6.54 Å². The van der Waals surface area contributed by atoms with Gasteiger partial charge in [-0.2, -0.15) is 0 Å². The Labute approximate surface area is 106 Å². The molecular weight excluding hydrogens is 290 g/mol. The SMILES string of the molecule is Fc1ccc(NCc2cccc(Br)n2)c(F)c1. The van der Waals surface area contributed by atoms with E-state index in [-0.39, 0.29) is 5.69 Å². The van der Waals surface area contributed by atoms with E-state index >= 15 is 0 Å². The number of aromatic nitrogens is 1. The number of hydrogen-bond acceptors (Lipinski definition) is 2. The van der Waals surface area contributed by atoms with E-state index in [2.05, 4.69) is 26.2 Å². The topological polar surface area (TPSA) is 24.9 Å². The van der Waals surface area contributed by atoms with Crippen molar-refractivity contribution >= 4 is 21.6 Å². The zero-order chi connectivity index (χ0) is 12.3. The average molecular weight is 299 g/mol. The smallest absolute Gasteiger partial charge is 0.149 e. The molecule has 1 N–H and O–H groups in total. The standard InChI is InChI=1S/C12H9BrF2N2/c13-12-3-1-2-9(17-12)7-16-11-5-4-8(14)6-10(11)15/h1-6,16H,7H2. The zero-order valence-electron chi connectivity index (χ0n) is 8.75. The molecule has 0 bridgehead atoms. The lowest BCUT2D eigenvalue weighted by atomic mass is 10.3. The van der Waals surface area contributed by atoms with Gasteiger partial charge in [0.25, 0.3) is 0 Å². The number of nitrogens with one attached hydrogen (secondary N) is 1. The van der Waals surface area contributed by atoms with Crippen molar-refractivity contribution in [3.63, 3.8) is 0 Å². The van der Waals surface area contributed by atoms with Crippen LogP contribution < -0.4 is 5.32 Å². The van der Waals surface area contributed by atoms with Crippen molar-refractivity contribution in [2.45, 2.75) is 6.54 Å². The summed E-state index contributed by atoms with van der Waals surface area (Å²) in [7, 11) is 0. The van der Waals surface area contributed by atoms with Gasteiger partial charge in [-0.1, -0.05) is 6.07 Å². The molecule has 1 heterocycles. The Hall–Kier alpha value is -1.49. The Morgan fingerprint density at radius 1 is 1.18 bits per heavy atom. The first-order valence-corrected chi connectivity index (χ1v) is 5.75. The lowest BCUT2D eigenvalue weighted by Crippen LogP contribution is -2.03. The van der Waals surface area contributed by atoms with Gasteiger partial charge in [0.15, 0.2) is 0 Å². The molecule has 1 aromatic heterocycles. The molecular formula is C12H9BrF2N2. The Kier molecular flexibility index (Phi) is 3.68. The molecule has 0 saturated heterocycles. The third kappa shape index (κ3) is 3.23. The molecule has 0 saturated carbocycles. The number of nitrogens with zero attached hydrogens (tertiary/aromatic N) is 1. The van der Waals surface area contributed by atoms with Crippen molar-refractivity contribution in [3.05, 3.63) is 58.3 Å². The number of pyridine rings is 1. The summed E-state index contributed by atoms with van der Waals surface area (Å²) >= 11 is 3.25. The first-order chi connectivity index (χ1) is 8.15. The van der Waals surface area contributed by atoms with Crippen LogP contribution in [0.5, 0.6) is 0 Å². The van der Waals surface area contributed by atoms with Gasteiger partial charge in [-0.25, -0.2) is 13.8 Å². The maximum atomic E-state index is 13.3. The maximum Gasteiger partial charge on any atom is 0.149 e. The number of hydrogen-bond donors (Lipinski definition) is 1. The van der Waals surface area contributed by atoms with Gasteiger partial charge in [0.2, 0.25) is 0 Å². The van der Waals surface area contributed by atoms with Crippen LogP contribution in [0.1, 0.15) is 5.69 Å². The fourth-order valence-corrected chi connectivity index (χ4v) is 1.75. The molecule has 1 aromatic carbocycles. The Morgan fingerprint density at radius 2 is 2.00 bits per heavy atom. The van der Waals surface area contributed by atoms with Gasteiger partial charge in [-0.05, 0) is 40.2 Å². The molecule has 0 aliphatic rings. The minimum Gasteiger partial charge on any atom is -0.377 e. The summed E-state index contributed by atoms with van der Waals surface area (Å²) in [6.45, 7) is 0.377. The summed E-state index contributed by atoms with van der Waals surface area (Å²) in [5.74, 6) is -1.20. The number of anilines is 1. The first kappa shape index (κ1) is 12.0. The first-order valence-electron chi connectivity index (χ1n) is 4.95. The summed E-state index contributed by atoms with van der Waals surface area (Å²) in [5.41, 5.74) is 1.02. The van der Waals surface area contributed by atoms with Crippen LogP contribution in [0.15, 0.2) is 41.0 Å². The largest absolute Gasteiger partial charge is 0.377 e. The van der Waals surface area contributed by atoms with Gasteiger partial charge in [0.1, 0.15) is 16.2 Å². The van der Waals surface area contributed by atoms with Crippen molar-refractivity contribution in [2.24, 2.45) is 0 Å². The summed E-state index contributed by atoms with van der Waals surface area (Å²) in [5, 5.41) is 2.86. The third-order valence-corrected chi connectivity index (χ3v) is 2.61. The van der Waals surface area contributed by atoms with E-state index in [0.29, 0.717) is 6.54 Å². The Balaban J connectivity index is 2.07. The normalized spacial score (nSPS) is 10.3. The highest BCUT2D eigenvalue weighted by Crippen LogP contribution is 2.16.